The molecule has 29 heavy (non-hydrogen) atoms. The molecule has 1 fully saturated rings. The van der Waals surface area contributed by atoms with Gasteiger partial charge in [-0.3, -0.25) is 4.79 Å². The standard InChI is InChI=1S/C23H26N4O2/c1-14-9-25-23-18(14)8-16(10-26-23)15-6-17-11-27(22(28)13-29-2)12-20(17)19(7-15)21-4-3-5-24-21/h6-10,21,24H,3-5,11-13H2,1-2H3,(H,25,26)/t21-/m0/s1. The van der Waals surface area contributed by atoms with Gasteiger partial charge in [0.15, 0.2) is 0 Å². The number of H-pyrrole nitrogens is 1. The number of nitrogens with one attached hydrogen (secondary N) is 2. The molecule has 0 radical (unpaired) electrons. The Labute approximate surface area is 170 Å². The summed E-state index contributed by atoms with van der Waals surface area (Å²) in [5.41, 5.74) is 8.26. The first-order valence-corrected chi connectivity index (χ1v) is 10.2. The number of amides is 1. The summed E-state index contributed by atoms with van der Waals surface area (Å²) in [4.78, 5) is 22.2. The van der Waals surface area contributed by atoms with Gasteiger partial charge in [-0.05, 0) is 72.3 Å². The van der Waals surface area contributed by atoms with E-state index < -0.39 is 0 Å². The highest BCUT2D eigenvalue weighted by atomic mass is 16.5. The lowest BCUT2D eigenvalue weighted by Crippen LogP contribution is -2.28. The number of aromatic amines is 1. The largest absolute Gasteiger partial charge is 0.375 e. The number of rotatable bonds is 4. The molecular formula is C23H26N4O2. The van der Waals surface area contributed by atoms with Crippen LogP contribution in [-0.2, 0) is 22.6 Å². The van der Waals surface area contributed by atoms with Gasteiger partial charge in [0.05, 0.1) is 0 Å². The maximum absolute atomic E-state index is 12.4. The van der Waals surface area contributed by atoms with Crippen molar-refractivity contribution in [2.24, 2.45) is 0 Å². The number of methoxy groups -OCH3 is 1. The van der Waals surface area contributed by atoms with Crippen LogP contribution >= 0.6 is 0 Å². The average molecular weight is 390 g/mol. The SMILES string of the molecule is COCC(=O)N1Cc2cc(-c3cnc4[nH]cc(C)c4c3)cc([C@@H]3CCCN3)c2C1. The van der Waals surface area contributed by atoms with Crippen molar-refractivity contribution in [2.75, 3.05) is 20.3 Å². The summed E-state index contributed by atoms with van der Waals surface area (Å²) in [6.07, 6.45) is 6.26. The molecule has 1 atom stereocenters. The van der Waals surface area contributed by atoms with Gasteiger partial charge in [0.1, 0.15) is 12.3 Å². The number of pyridine rings is 1. The number of hydrogen-bond acceptors (Lipinski definition) is 4. The molecule has 0 aliphatic carbocycles. The molecule has 2 aromatic heterocycles. The normalized spacial score (nSPS) is 18.6. The summed E-state index contributed by atoms with van der Waals surface area (Å²) >= 11 is 0. The van der Waals surface area contributed by atoms with Crippen LogP contribution in [0.25, 0.3) is 22.2 Å². The molecule has 1 aromatic carbocycles. The van der Waals surface area contributed by atoms with Crippen molar-refractivity contribution in [3.8, 4) is 11.1 Å². The molecule has 0 saturated carbocycles. The number of hydrogen-bond donors (Lipinski definition) is 2. The first kappa shape index (κ1) is 18.3. The first-order chi connectivity index (χ1) is 14.1. The second-order valence-corrected chi connectivity index (χ2v) is 8.13. The molecule has 150 valence electrons. The van der Waals surface area contributed by atoms with Gasteiger partial charge < -0.3 is 19.9 Å². The average Bonchev–Trinajstić information content (AvgIpc) is 3.47. The summed E-state index contributed by atoms with van der Waals surface area (Å²) in [6, 6.07) is 7.10. The third-order valence-corrected chi connectivity index (χ3v) is 6.21. The lowest BCUT2D eigenvalue weighted by molar-refractivity contribution is -0.135. The van der Waals surface area contributed by atoms with Gasteiger partial charge in [0.2, 0.25) is 5.91 Å². The molecular weight excluding hydrogens is 364 g/mol. The predicted octanol–water partition coefficient (Wildman–Crippen LogP) is 3.45. The van der Waals surface area contributed by atoms with Crippen molar-refractivity contribution >= 4 is 16.9 Å². The smallest absolute Gasteiger partial charge is 0.249 e. The topological polar surface area (TPSA) is 70.2 Å². The first-order valence-electron chi connectivity index (χ1n) is 10.2. The number of nitrogens with zero attached hydrogens (tertiary/aromatic N) is 2. The number of benzene rings is 1. The molecule has 5 rings (SSSR count). The predicted molar refractivity (Wildman–Crippen MR) is 112 cm³/mol. The van der Waals surface area contributed by atoms with Crippen molar-refractivity contribution in [2.45, 2.75) is 38.9 Å². The molecule has 2 N–H and O–H groups in total. The molecule has 0 unspecified atom stereocenters. The van der Waals surface area contributed by atoms with E-state index >= 15 is 0 Å². The fraction of sp³-hybridized carbons (Fsp3) is 0.391. The van der Waals surface area contributed by atoms with Crippen LogP contribution in [0.4, 0.5) is 0 Å². The van der Waals surface area contributed by atoms with E-state index in [0.29, 0.717) is 19.1 Å². The van der Waals surface area contributed by atoms with E-state index in [-0.39, 0.29) is 12.5 Å². The molecule has 0 bridgehead atoms. The Hall–Kier alpha value is -2.70. The van der Waals surface area contributed by atoms with Crippen LogP contribution < -0.4 is 5.32 Å². The zero-order valence-electron chi connectivity index (χ0n) is 16.9. The van der Waals surface area contributed by atoms with Crippen molar-refractivity contribution in [3.63, 3.8) is 0 Å². The quantitative estimate of drug-likeness (QED) is 0.716. The monoisotopic (exact) mass is 390 g/mol. The highest BCUT2D eigenvalue weighted by Gasteiger charge is 2.29. The number of aromatic nitrogens is 2. The maximum atomic E-state index is 12.4. The van der Waals surface area contributed by atoms with Crippen LogP contribution in [0.5, 0.6) is 0 Å². The Morgan fingerprint density at radius 2 is 2.17 bits per heavy atom. The Balaban J connectivity index is 1.58. The minimum Gasteiger partial charge on any atom is -0.375 e. The molecule has 6 heteroatoms. The van der Waals surface area contributed by atoms with Crippen LogP contribution in [0.1, 0.15) is 41.1 Å². The van der Waals surface area contributed by atoms with Crippen LogP contribution in [0, 0.1) is 6.92 Å². The van der Waals surface area contributed by atoms with Crippen molar-refractivity contribution in [1.82, 2.24) is 20.2 Å². The highest BCUT2D eigenvalue weighted by Crippen LogP contribution is 2.37. The van der Waals surface area contributed by atoms with Gasteiger partial charge in [-0.25, -0.2) is 4.98 Å². The van der Waals surface area contributed by atoms with E-state index in [1.165, 1.54) is 34.2 Å². The van der Waals surface area contributed by atoms with Gasteiger partial charge in [-0.15, -0.1) is 0 Å². The summed E-state index contributed by atoms with van der Waals surface area (Å²) in [7, 11) is 1.57. The van der Waals surface area contributed by atoms with E-state index in [1.807, 2.05) is 17.3 Å². The van der Waals surface area contributed by atoms with Gasteiger partial charge in [-0.2, -0.15) is 0 Å². The zero-order valence-corrected chi connectivity index (χ0v) is 16.9. The van der Waals surface area contributed by atoms with Crippen molar-refractivity contribution in [1.29, 1.82) is 0 Å². The van der Waals surface area contributed by atoms with Crippen molar-refractivity contribution < 1.29 is 9.53 Å². The minimum absolute atomic E-state index is 0.0432. The van der Waals surface area contributed by atoms with Gasteiger partial charge in [0, 0.05) is 49.6 Å². The third-order valence-electron chi connectivity index (χ3n) is 6.21. The molecule has 0 spiro atoms. The van der Waals surface area contributed by atoms with Crippen LogP contribution in [0.2, 0.25) is 0 Å². The van der Waals surface area contributed by atoms with E-state index in [0.717, 1.165) is 29.6 Å². The molecule has 3 aromatic rings. The molecule has 2 aliphatic heterocycles. The molecule has 1 amide bonds. The molecule has 4 heterocycles. The number of aryl methyl sites for hydroxylation is 1. The van der Waals surface area contributed by atoms with Crippen LogP contribution in [-0.4, -0.2) is 41.0 Å². The maximum Gasteiger partial charge on any atom is 0.249 e. The molecule has 1 saturated heterocycles. The number of carbonyl (C=O) groups is 1. The van der Waals surface area contributed by atoms with Gasteiger partial charge >= 0.3 is 0 Å². The summed E-state index contributed by atoms with van der Waals surface area (Å²) < 4.78 is 5.07. The Morgan fingerprint density at radius 3 is 2.97 bits per heavy atom. The van der Waals surface area contributed by atoms with Crippen molar-refractivity contribution in [3.05, 3.63) is 52.8 Å². The van der Waals surface area contributed by atoms with E-state index in [2.05, 4.69) is 40.4 Å². The van der Waals surface area contributed by atoms with E-state index in [4.69, 9.17) is 4.74 Å². The van der Waals surface area contributed by atoms with Gasteiger partial charge in [0.25, 0.3) is 0 Å². The highest BCUT2D eigenvalue weighted by molar-refractivity contribution is 5.85. The number of carbonyl (C=O) groups excluding carboxylic acids is 1. The fourth-order valence-corrected chi connectivity index (χ4v) is 4.65. The minimum atomic E-state index is 0.0432. The lowest BCUT2D eigenvalue weighted by atomic mass is 9.91. The third kappa shape index (κ3) is 3.22. The van der Waals surface area contributed by atoms with Crippen LogP contribution in [0.3, 0.4) is 0 Å². The van der Waals surface area contributed by atoms with Gasteiger partial charge in [-0.1, -0.05) is 0 Å². The number of fused-ring (bicyclic) bond motifs is 2. The molecule has 6 nitrogen and oxygen atoms in total. The Kier molecular flexibility index (Phi) is 4.60. The van der Waals surface area contributed by atoms with Crippen LogP contribution in [0.15, 0.2) is 30.6 Å². The summed E-state index contributed by atoms with van der Waals surface area (Å²) in [5, 5.41) is 4.79. The Bertz CT molecular complexity index is 1080. The summed E-state index contributed by atoms with van der Waals surface area (Å²) in [6.45, 7) is 4.58. The summed E-state index contributed by atoms with van der Waals surface area (Å²) in [5.74, 6) is 0.0432. The van der Waals surface area contributed by atoms with E-state index in [1.54, 1.807) is 7.11 Å². The second kappa shape index (κ2) is 7.28. The number of ether oxygens (including phenoxy) is 1. The lowest BCUT2D eigenvalue weighted by Gasteiger charge is -2.18. The molecule has 2 aliphatic rings. The second-order valence-electron chi connectivity index (χ2n) is 8.13. The fourth-order valence-electron chi connectivity index (χ4n) is 4.65. The van der Waals surface area contributed by atoms with E-state index in [9.17, 15) is 4.79 Å². The Morgan fingerprint density at radius 1 is 1.28 bits per heavy atom. The zero-order chi connectivity index (χ0) is 20.0.